The molecular weight excluding hydrogens is 416 g/mol. The molecule has 1 fully saturated rings. The predicted octanol–water partition coefficient (Wildman–Crippen LogP) is 1.22. The Labute approximate surface area is 177 Å². The Bertz CT molecular complexity index is 436. The molecule has 0 radical (unpaired) electrons. The van der Waals surface area contributed by atoms with Gasteiger partial charge in [-0.25, -0.2) is 0 Å². The molecule has 0 amide bonds. The first-order valence-electron chi connectivity index (χ1n) is 10.2. The van der Waals surface area contributed by atoms with Crippen LogP contribution in [0.4, 0.5) is 0 Å². The van der Waals surface area contributed by atoms with E-state index in [1.807, 2.05) is 0 Å². The molecule has 0 bridgehead atoms. The fraction of sp³-hybridized carbons (Fsp3) is 1.00. The minimum atomic E-state index is -3.19. The lowest BCUT2D eigenvalue weighted by molar-refractivity contribution is -0.101. The van der Waals surface area contributed by atoms with Crippen LogP contribution in [0.5, 0.6) is 0 Å². The van der Waals surface area contributed by atoms with Crippen LogP contribution < -0.4 is 0 Å². The smallest absolute Gasteiger partial charge is 0.390 e. The Morgan fingerprint density at radius 1 is 0.897 bits per heavy atom. The van der Waals surface area contributed by atoms with Crippen LogP contribution in [0.2, 0.25) is 6.04 Å². The van der Waals surface area contributed by atoms with Gasteiger partial charge in [-0.2, -0.15) is 0 Å². The van der Waals surface area contributed by atoms with E-state index in [4.69, 9.17) is 31.9 Å². The second-order valence-corrected chi connectivity index (χ2v) is 12.7. The van der Waals surface area contributed by atoms with Gasteiger partial charge in [0.25, 0.3) is 0 Å². The molecule has 2 N–H and O–H groups in total. The Hall–Kier alpha value is 0.0738. The molecule has 0 aliphatic heterocycles. The molecule has 0 heterocycles. The Balaban J connectivity index is 2.46. The number of hydrogen-bond donors (Lipinski definition) is 2. The topological polar surface area (TPSA) is 105 Å². The molecule has 29 heavy (non-hydrogen) atoms. The standard InChI is InChI=1S/C18H40O9Si2/c1-7-15(13-28(19,22-3)23-4)12-27-17-9-8-16(10-18(17)21-2)11-26-14-29(20,24-5)25-6/h15-20H,7-14H2,1-6H3. The first kappa shape index (κ1) is 27.1. The average molecular weight is 457 g/mol. The van der Waals surface area contributed by atoms with Crippen molar-refractivity contribution in [1.82, 2.24) is 0 Å². The van der Waals surface area contributed by atoms with Crippen molar-refractivity contribution in [2.75, 3.05) is 55.0 Å². The summed E-state index contributed by atoms with van der Waals surface area (Å²) < 4.78 is 37.9. The van der Waals surface area contributed by atoms with Crippen molar-refractivity contribution in [1.29, 1.82) is 0 Å². The Morgan fingerprint density at radius 3 is 2.03 bits per heavy atom. The van der Waals surface area contributed by atoms with E-state index in [1.54, 1.807) is 7.11 Å². The van der Waals surface area contributed by atoms with Crippen LogP contribution in [0.1, 0.15) is 32.6 Å². The van der Waals surface area contributed by atoms with Crippen molar-refractivity contribution in [2.24, 2.45) is 11.8 Å². The van der Waals surface area contributed by atoms with Crippen LogP contribution in [0.15, 0.2) is 0 Å². The lowest BCUT2D eigenvalue weighted by Gasteiger charge is -2.36. The third kappa shape index (κ3) is 8.99. The zero-order valence-electron chi connectivity index (χ0n) is 18.7. The molecule has 1 saturated carbocycles. The SMILES string of the molecule is CCC(COC1CCC(COC[Si](O)(OC)OC)CC1OC)C[Si](O)(OC)OC. The van der Waals surface area contributed by atoms with Crippen molar-refractivity contribution in [3.05, 3.63) is 0 Å². The first-order valence-corrected chi connectivity index (χ1v) is 14.1. The zero-order chi connectivity index (χ0) is 21.9. The third-order valence-corrected chi connectivity index (χ3v) is 9.94. The van der Waals surface area contributed by atoms with Crippen molar-refractivity contribution in [2.45, 2.75) is 50.9 Å². The molecule has 4 atom stereocenters. The number of ether oxygens (including phenoxy) is 3. The van der Waals surface area contributed by atoms with E-state index in [2.05, 4.69) is 6.92 Å². The molecule has 1 rings (SSSR count). The molecule has 0 spiro atoms. The van der Waals surface area contributed by atoms with E-state index >= 15 is 0 Å². The van der Waals surface area contributed by atoms with E-state index in [0.29, 0.717) is 25.2 Å². The molecule has 174 valence electrons. The monoisotopic (exact) mass is 456 g/mol. The summed E-state index contributed by atoms with van der Waals surface area (Å²) in [5.41, 5.74) is 0. The summed E-state index contributed by atoms with van der Waals surface area (Å²) in [6.45, 7) is 3.12. The van der Waals surface area contributed by atoms with Gasteiger partial charge in [0, 0.05) is 54.8 Å². The van der Waals surface area contributed by atoms with Crippen LogP contribution in [0.25, 0.3) is 0 Å². The first-order chi connectivity index (χ1) is 13.8. The molecule has 0 aromatic heterocycles. The summed E-state index contributed by atoms with van der Waals surface area (Å²) in [7, 11) is 1.22. The maximum atomic E-state index is 10.3. The normalized spacial score (nSPS) is 24.6. The van der Waals surface area contributed by atoms with Crippen LogP contribution in [-0.4, -0.2) is 94.4 Å². The van der Waals surface area contributed by atoms with Gasteiger partial charge in [0.1, 0.15) is 6.23 Å². The highest BCUT2D eigenvalue weighted by atomic mass is 28.4. The van der Waals surface area contributed by atoms with Crippen LogP contribution in [0, 0.1) is 11.8 Å². The molecule has 0 saturated heterocycles. The van der Waals surface area contributed by atoms with Gasteiger partial charge in [0.05, 0.1) is 12.2 Å². The van der Waals surface area contributed by atoms with Gasteiger partial charge in [-0.1, -0.05) is 13.3 Å². The van der Waals surface area contributed by atoms with Gasteiger partial charge in [-0.05, 0) is 31.1 Å². The maximum Gasteiger partial charge on any atom is 0.524 e. The van der Waals surface area contributed by atoms with E-state index < -0.39 is 17.6 Å². The quantitative estimate of drug-likeness (QED) is 0.352. The third-order valence-electron chi connectivity index (χ3n) is 5.73. The van der Waals surface area contributed by atoms with Crippen LogP contribution >= 0.6 is 0 Å². The summed E-state index contributed by atoms with van der Waals surface area (Å²) >= 11 is 0. The van der Waals surface area contributed by atoms with Crippen molar-refractivity contribution < 1.29 is 41.5 Å². The summed E-state index contributed by atoms with van der Waals surface area (Å²) in [6.07, 6.45) is 3.59. The predicted molar refractivity (Wildman–Crippen MR) is 111 cm³/mol. The highest BCUT2D eigenvalue weighted by molar-refractivity contribution is 6.59. The van der Waals surface area contributed by atoms with Crippen molar-refractivity contribution in [3.8, 4) is 0 Å². The van der Waals surface area contributed by atoms with Crippen LogP contribution in [-0.2, 0) is 31.9 Å². The van der Waals surface area contributed by atoms with Gasteiger partial charge < -0.3 is 41.5 Å². The Morgan fingerprint density at radius 2 is 1.52 bits per heavy atom. The lowest BCUT2D eigenvalue weighted by Crippen LogP contribution is -2.46. The van der Waals surface area contributed by atoms with Crippen molar-refractivity contribution >= 4 is 17.6 Å². The number of methoxy groups -OCH3 is 1. The summed E-state index contributed by atoms with van der Waals surface area (Å²) in [4.78, 5) is 20.4. The van der Waals surface area contributed by atoms with E-state index in [0.717, 1.165) is 25.7 Å². The average Bonchev–Trinajstić information content (AvgIpc) is 2.76. The fourth-order valence-electron chi connectivity index (χ4n) is 3.53. The molecule has 0 aromatic rings. The largest absolute Gasteiger partial charge is 0.524 e. The van der Waals surface area contributed by atoms with E-state index in [-0.39, 0.29) is 24.4 Å². The fourth-order valence-corrected chi connectivity index (χ4v) is 5.94. The van der Waals surface area contributed by atoms with E-state index in [9.17, 15) is 9.59 Å². The molecular formula is C18H40O9Si2. The molecule has 0 aromatic carbocycles. The molecule has 11 heteroatoms. The van der Waals surface area contributed by atoms with Gasteiger partial charge in [0.2, 0.25) is 0 Å². The van der Waals surface area contributed by atoms with Gasteiger partial charge in [-0.3, -0.25) is 0 Å². The van der Waals surface area contributed by atoms with Gasteiger partial charge in [-0.15, -0.1) is 0 Å². The number of hydrogen-bond acceptors (Lipinski definition) is 9. The summed E-state index contributed by atoms with van der Waals surface area (Å²) in [5.74, 6) is 0.490. The zero-order valence-corrected chi connectivity index (χ0v) is 20.7. The lowest BCUT2D eigenvalue weighted by atomic mass is 9.85. The highest BCUT2D eigenvalue weighted by Gasteiger charge is 2.39. The molecule has 4 unspecified atom stereocenters. The summed E-state index contributed by atoms with van der Waals surface area (Å²) in [5, 5.41) is 0. The van der Waals surface area contributed by atoms with Gasteiger partial charge in [0.15, 0.2) is 0 Å². The summed E-state index contributed by atoms with van der Waals surface area (Å²) in [6, 6.07) is 0.475. The van der Waals surface area contributed by atoms with Crippen molar-refractivity contribution in [3.63, 3.8) is 0 Å². The number of rotatable bonds is 15. The maximum absolute atomic E-state index is 10.3. The minimum Gasteiger partial charge on any atom is -0.390 e. The minimum absolute atomic E-state index is 0.00871. The molecule has 1 aliphatic carbocycles. The Kier molecular flexibility index (Phi) is 12.6. The second-order valence-electron chi connectivity index (χ2n) is 7.56. The highest BCUT2D eigenvalue weighted by Crippen LogP contribution is 2.30. The second kappa shape index (κ2) is 13.5. The molecule has 9 nitrogen and oxygen atoms in total. The molecule has 1 aliphatic rings. The van der Waals surface area contributed by atoms with Crippen LogP contribution in [0.3, 0.4) is 0 Å². The van der Waals surface area contributed by atoms with Gasteiger partial charge >= 0.3 is 17.6 Å². The van der Waals surface area contributed by atoms with E-state index in [1.165, 1.54) is 28.4 Å².